The second-order valence-electron chi connectivity index (χ2n) is 3.47. The molecule has 1 aromatic rings. The number of ether oxygens (including phenoxy) is 1. The van der Waals surface area contributed by atoms with E-state index in [0.717, 1.165) is 0 Å². The highest BCUT2D eigenvalue weighted by Gasteiger charge is 2.09. The predicted octanol–water partition coefficient (Wildman–Crippen LogP) is 1.16. The molecule has 1 heterocycles. The SMILES string of the molecule is COCCNCC(=O)N[C@H](C)c1cccs1. The summed E-state index contributed by atoms with van der Waals surface area (Å²) >= 11 is 1.65. The topological polar surface area (TPSA) is 50.4 Å². The van der Waals surface area contributed by atoms with Gasteiger partial charge in [-0.25, -0.2) is 0 Å². The van der Waals surface area contributed by atoms with Gasteiger partial charge in [0.15, 0.2) is 0 Å². The van der Waals surface area contributed by atoms with Gasteiger partial charge in [-0.05, 0) is 18.4 Å². The smallest absolute Gasteiger partial charge is 0.234 e. The molecule has 0 bridgehead atoms. The van der Waals surface area contributed by atoms with E-state index >= 15 is 0 Å². The van der Waals surface area contributed by atoms with Crippen LogP contribution in [0.4, 0.5) is 0 Å². The van der Waals surface area contributed by atoms with Crippen LogP contribution in [-0.2, 0) is 9.53 Å². The van der Waals surface area contributed by atoms with E-state index in [1.54, 1.807) is 18.4 Å². The number of hydrogen-bond acceptors (Lipinski definition) is 4. The highest BCUT2D eigenvalue weighted by molar-refractivity contribution is 7.10. The predicted molar refractivity (Wildman–Crippen MR) is 65.6 cm³/mol. The molecule has 1 aromatic heterocycles. The van der Waals surface area contributed by atoms with Crippen LogP contribution in [-0.4, -0.2) is 32.7 Å². The zero-order chi connectivity index (χ0) is 11.8. The molecule has 0 spiro atoms. The number of carbonyl (C=O) groups is 1. The van der Waals surface area contributed by atoms with Gasteiger partial charge in [0, 0.05) is 18.5 Å². The molecule has 4 nitrogen and oxygen atoms in total. The molecule has 2 N–H and O–H groups in total. The molecule has 0 saturated carbocycles. The van der Waals surface area contributed by atoms with Gasteiger partial charge in [-0.15, -0.1) is 11.3 Å². The zero-order valence-corrected chi connectivity index (χ0v) is 10.5. The minimum Gasteiger partial charge on any atom is -0.383 e. The first kappa shape index (κ1) is 13.2. The summed E-state index contributed by atoms with van der Waals surface area (Å²) in [6, 6.07) is 4.09. The van der Waals surface area contributed by atoms with Gasteiger partial charge >= 0.3 is 0 Å². The van der Waals surface area contributed by atoms with E-state index in [1.165, 1.54) is 4.88 Å². The van der Waals surface area contributed by atoms with Crippen LogP contribution in [0.5, 0.6) is 0 Å². The number of nitrogens with one attached hydrogen (secondary N) is 2. The third kappa shape index (κ3) is 4.74. The molecule has 5 heteroatoms. The number of methoxy groups -OCH3 is 1. The van der Waals surface area contributed by atoms with E-state index in [9.17, 15) is 4.79 Å². The summed E-state index contributed by atoms with van der Waals surface area (Å²) in [5.74, 6) is 0.0111. The summed E-state index contributed by atoms with van der Waals surface area (Å²) in [5.41, 5.74) is 0. The minimum absolute atomic E-state index is 0.0111. The van der Waals surface area contributed by atoms with Crippen LogP contribution in [0.1, 0.15) is 17.8 Å². The van der Waals surface area contributed by atoms with Crippen molar-refractivity contribution in [2.75, 3.05) is 26.8 Å². The summed E-state index contributed by atoms with van der Waals surface area (Å²) in [6.45, 7) is 3.63. The first-order valence-corrected chi connectivity index (χ1v) is 6.14. The van der Waals surface area contributed by atoms with Crippen molar-refractivity contribution in [2.45, 2.75) is 13.0 Å². The van der Waals surface area contributed by atoms with Gasteiger partial charge in [-0.3, -0.25) is 4.79 Å². The van der Waals surface area contributed by atoms with Gasteiger partial charge in [0.25, 0.3) is 0 Å². The minimum atomic E-state index is 0.0111. The number of carbonyl (C=O) groups excluding carboxylic acids is 1. The first-order valence-electron chi connectivity index (χ1n) is 5.26. The van der Waals surface area contributed by atoms with Crippen LogP contribution >= 0.6 is 11.3 Å². The van der Waals surface area contributed by atoms with E-state index in [4.69, 9.17) is 4.74 Å². The zero-order valence-electron chi connectivity index (χ0n) is 9.66. The quantitative estimate of drug-likeness (QED) is 0.706. The maximum atomic E-state index is 11.5. The molecule has 1 atom stereocenters. The van der Waals surface area contributed by atoms with Crippen molar-refractivity contribution in [3.63, 3.8) is 0 Å². The van der Waals surface area contributed by atoms with Gasteiger partial charge in [-0.1, -0.05) is 6.07 Å². The number of rotatable bonds is 7. The van der Waals surface area contributed by atoms with Gasteiger partial charge in [-0.2, -0.15) is 0 Å². The fourth-order valence-electron chi connectivity index (χ4n) is 1.28. The van der Waals surface area contributed by atoms with Crippen molar-refractivity contribution in [1.29, 1.82) is 0 Å². The maximum Gasteiger partial charge on any atom is 0.234 e. The van der Waals surface area contributed by atoms with Crippen LogP contribution in [0, 0.1) is 0 Å². The third-order valence-electron chi connectivity index (χ3n) is 2.12. The van der Waals surface area contributed by atoms with Gasteiger partial charge in [0.2, 0.25) is 5.91 Å². The summed E-state index contributed by atoms with van der Waals surface area (Å²) in [4.78, 5) is 12.7. The lowest BCUT2D eigenvalue weighted by molar-refractivity contribution is -0.120. The number of hydrogen-bond donors (Lipinski definition) is 2. The van der Waals surface area contributed by atoms with Crippen molar-refractivity contribution in [1.82, 2.24) is 10.6 Å². The Morgan fingerprint density at radius 3 is 3.06 bits per heavy atom. The Kier molecular flexibility index (Phi) is 6.07. The molecule has 1 amide bonds. The average molecular weight is 242 g/mol. The standard InChI is InChI=1S/C11H18N2O2S/c1-9(10-4-3-7-16-10)13-11(14)8-12-5-6-15-2/h3-4,7,9,12H,5-6,8H2,1-2H3,(H,13,14)/t9-/m1/s1. The molecule has 0 aliphatic rings. The lowest BCUT2D eigenvalue weighted by Crippen LogP contribution is -2.36. The lowest BCUT2D eigenvalue weighted by Gasteiger charge is -2.12. The normalized spacial score (nSPS) is 12.4. The summed E-state index contributed by atoms with van der Waals surface area (Å²) in [7, 11) is 1.64. The van der Waals surface area contributed by atoms with E-state index in [1.807, 2.05) is 24.4 Å². The van der Waals surface area contributed by atoms with Crippen LogP contribution in [0.3, 0.4) is 0 Å². The Morgan fingerprint density at radius 2 is 2.44 bits per heavy atom. The van der Waals surface area contributed by atoms with E-state index in [2.05, 4.69) is 10.6 Å². The molecule has 1 rings (SSSR count). The van der Waals surface area contributed by atoms with Gasteiger partial charge < -0.3 is 15.4 Å². The summed E-state index contributed by atoms with van der Waals surface area (Å²) < 4.78 is 4.87. The first-order chi connectivity index (χ1) is 7.74. The average Bonchev–Trinajstić information content (AvgIpc) is 2.77. The van der Waals surface area contributed by atoms with E-state index < -0.39 is 0 Å². The third-order valence-corrected chi connectivity index (χ3v) is 3.17. The highest BCUT2D eigenvalue weighted by atomic mass is 32.1. The second kappa shape index (κ2) is 7.38. The molecule has 0 aliphatic heterocycles. The van der Waals surface area contributed by atoms with Gasteiger partial charge in [0.05, 0.1) is 19.2 Å². The Balaban J connectivity index is 2.19. The van der Waals surface area contributed by atoms with Crippen molar-refractivity contribution in [2.24, 2.45) is 0 Å². The molecule has 0 aliphatic carbocycles. The van der Waals surface area contributed by atoms with Crippen LogP contribution < -0.4 is 10.6 Å². The molecular weight excluding hydrogens is 224 g/mol. The van der Waals surface area contributed by atoms with Crippen molar-refractivity contribution in [3.8, 4) is 0 Å². The largest absolute Gasteiger partial charge is 0.383 e. The summed E-state index contributed by atoms with van der Waals surface area (Å²) in [5, 5.41) is 7.94. The molecule has 16 heavy (non-hydrogen) atoms. The van der Waals surface area contributed by atoms with Gasteiger partial charge in [0.1, 0.15) is 0 Å². The number of thiophene rings is 1. The van der Waals surface area contributed by atoms with Crippen molar-refractivity contribution < 1.29 is 9.53 Å². The monoisotopic (exact) mass is 242 g/mol. The van der Waals surface area contributed by atoms with Crippen LogP contribution in [0.2, 0.25) is 0 Å². The van der Waals surface area contributed by atoms with Crippen LogP contribution in [0.15, 0.2) is 17.5 Å². The Bertz CT molecular complexity index is 301. The summed E-state index contributed by atoms with van der Waals surface area (Å²) in [6.07, 6.45) is 0. The maximum absolute atomic E-state index is 11.5. The second-order valence-corrected chi connectivity index (χ2v) is 4.45. The Labute approximate surface area is 100 Å². The van der Waals surface area contributed by atoms with Crippen LogP contribution in [0.25, 0.3) is 0 Å². The number of amides is 1. The molecule has 0 fully saturated rings. The molecule has 0 aromatic carbocycles. The fraction of sp³-hybridized carbons (Fsp3) is 0.545. The molecular formula is C11H18N2O2S. The highest BCUT2D eigenvalue weighted by Crippen LogP contribution is 2.17. The molecule has 0 radical (unpaired) electrons. The molecule has 0 saturated heterocycles. The Hall–Kier alpha value is -0.910. The van der Waals surface area contributed by atoms with E-state index in [-0.39, 0.29) is 11.9 Å². The molecule has 90 valence electrons. The molecule has 0 unspecified atom stereocenters. The van der Waals surface area contributed by atoms with E-state index in [0.29, 0.717) is 19.7 Å². The van der Waals surface area contributed by atoms with Crippen molar-refractivity contribution >= 4 is 17.2 Å². The fourth-order valence-corrected chi connectivity index (χ4v) is 2.01. The Morgan fingerprint density at radius 1 is 1.62 bits per heavy atom. The van der Waals surface area contributed by atoms with Crippen molar-refractivity contribution in [3.05, 3.63) is 22.4 Å². The lowest BCUT2D eigenvalue weighted by atomic mass is 10.3.